The second kappa shape index (κ2) is 7.05. The monoisotopic (exact) mass is 324 g/mol. The zero-order valence-electron chi connectivity index (χ0n) is 12.4. The van der Waals surface area contributed by atoms with Crippen molar-refractivity contribution in [2.75, 3.05) is 26.8 Å². The zero-order chi connectivity index (χ0) is 17.0. The molecule has 124 valence electrons. The number of nitrogens with zero attached hydrogens (tertiary/aromatic N) is 2. The van der Waals surface area contributed by atoms with Crippen molar-refractivity contribution in [2.45, 2.75) is 12.3 Å². The van der Waals surface area contributed by atoms with Crippen molar-refractivity contribution in [1.82, 2.24) is 4.90 Å². The van der Waals surface area contributed by atoms with E-state index < -0.39 is 11.1 Å². The van der Waals surface area contributed by atoms with Crippen LogP contribution >= 0.6 is 0 Å². The average Bonchev–Trinajstić information content (AvgIpc) is 2.85. The number of carbonyl (C=O) groups excluding carboxylic acids is 1. The Labute approximate surface area is 131 Å². The molecule has 9 heteroatoms. The quantitative estimate of drug-likeness (QED) is 0.365. The van der Waals surface area contributed by atoms with Crippen LogP contribution in [0.5, 0.6) is 5.75 Å². The fourth-order valence-corrected chi connectivity index (χ4v) is 2.55. The number of non-ortho nitro benzene ring substituents is 1. The number of carbonyl (C=O) groups is 2. The first-order valence-electron chi connectivity index (χ1n) is 6.88. The summed E-state index contributed by atoms with van der Waals surface area (Å²) in [5, 5.41) is 19.7. The lowest BCUT2D eigenvalue weighted by Crippen LogP contribution is -2.28. The fourth-order valence-electron chi connectivity index (χ4n) is 2.55. The van der Waals surface area contributed by atoms with Crippen molar-refractivity contribution in [2.24, 2.45) is 0 Å². The Bertz CT molecular complexity index is 632. The van der Waals surface area contributed by atoms with Crippen molar-refractivity contribution in [3.8, 4) is 5.75 Å². The molecule has 1 saturated heterocycles. The summed E-state index contributed by atoms with van der Waals surface area (Å²) in [6, 6.07) is 3.67. The third kappa shape index (κ3) is 3.95. The molecule has 0 radical (unpaired) electrons. The number of likely N-dealkylation sites (tertiary alicyclic amines) is 1. The van der Waals surface area contributed by atoms with E-state index >= 15 is 0 Å². The first-order chi connectivity index (χ1) is 10.9. The molecule has 9 nitrogen and oxygen atoms in total. The molecule has 1 aliphatic rings. The van der Waals surface area contributed by atoms with E-state index in [1.165, 1.54) is 25.3 Å². The number of ether oxygens (including phenoxy) is 2. The number of benzene rings is 1. The van der Waals surface area contributed by atoms with Gasteiger partial charge in [-0.15, -0.1) is 0 Å². The van der Waals surface area contributed by atoms with E-state index in [1.54, 1.807) is 4.90 Å². The average molecular weight is 324 g/mol. The van der Waals surface area contributed by atoms with Gasteiger partial charge in [-0.3, -0.25) is 14.9 Å². The maximum Gasteiger partial charge on any atom is 0.511 e. The van der Waals surface area contributed by atoms with Gasteiger partial charge in [0.25, 0.3) is 5.69 Å². The smallest absolute Gasteiger partial charge is 0.449 e. The highest BCUT2D eigenvalue weighted by Gasteiger charge is 2.33. The van der Waals surface area contributed by atoms with E-state index in [-0.39, 0.29) is 29.7 Å². The van der Waals surface area contributed by atoms with E-state index in [1.807, 2.05) is 0 Å². The third-order valence-corrected chi connectivity index (χ3v) is 3.62. The highest BCUT2D eigenvalue weighted by molar-refractivity contribution is 5.80. The van der Waals surface area contributed by atoms with Crippen LogP contribution < -0.4 is 4.74 Å². The predicted octanol–water partition coefficient (Wildman–Crippen LogP) is 1.61. The number of nitro groups is 1. The van der Waals surface area contributed by atoms with Gasteiger partial charge in [-0.05, 0) is 6.07 Å². The SMILES string of the molecule is COCCN1C[C@@H](c2cc([N+](=O)[O-])ccc2OC(=O)O)CC1=O. The standard InChI is InChI=1S/C14H16N2O7/c1-22-5-4-15-8-9(6-13(15)17)11-7-10(16(20)21)2-3-12(11)23-14(18)19/h2-3,7,9H,4-6,8H2,1H3,(H,18,19)/t9-/m0/s1. The summed E-state index contributed by atoms with van der Waals surface area (Å²) in [4.78, 5) is 34.7. The van der Waals surface area contributed by atoms with Crippen molar-refractivity contribution >= 4 is 17.7 Å². The molecule has 0 bridgehead atoms. The van der Waals surface area contributed by atoms with E-state index in [9.17, 15) is 19.7 Å². The molecular formula is C14H16N2O7. The minimum atomic E-state index is -1.51. The lowest BCUT2D eigenvalue weighted by atomic mass is 9.96. The Morgan fingerprint density at radius 3 is 2.87 bits per heavy atom. The summed E-state index contributed by atoms with van der Waals surface area (Å²) < 4.78 is 9.62. The number of nitro benzene ring substituents is 1. The van der Waals surface area contributed by atoms with Gasteiger partial charge in [0.2, 0.25) is 5.91 Å². The van der Waals surface area contributed by atoms with Crippen LogP contribution in [0.15, 0.2) is 18.2 Å². The van der Waals surface area contributed by atoms with Gasteiger partial charge < -0.3 is 19.5 Å². The highest BCUT2D eigenvalue weighted by Crippen LogP contribution is 2.36. The third-order valence-electron chi connectivity index (χ3n) is 3.62. The Morgan fingerprint density at radius 1 is 1.52 bits per heavy atom. The largest absolute Gasteiger partial charge is 0.511 e. The molecule has 0 spiro atoms. The lowest BCUT2D eigenvalue weighted by Gasteiger charge is -2.17. The maximum atomic E-state index is 12.0. The summed E-state index contributed by atoms with van der Waals surface area (Å²) in [5.74, 6) is -0.470. The van der Waals surface area contributed by atoms with E-state index in [2.05, 4.69) is 4.74 Å². The first kappa shape index (κ1) is 16.7. The normalized spacial score (nSPS) is 17.3. The van der Waals surface area contributed by atoms with Crippen LogP contribution in [-0.2, 0) is 9.53 Å². The molecule has 0 saturated carbocycles. The van der Waals surface area contributed by atoms with Crippen LogP contribution in [-0.4, -0.2) is 53.8 Å². The van der Waals surface area contributed by atoms with Gasteiger partial charge in [0, 0.05) is 50.2 Å². The van der Waals surface area contributed by atoms with E-state index in [0.29, 0.717) is 25.3 Å². The number of hydrogen-bond donors (Lipinski definition) is 1. The van der Waals surface area contributed by atoms with Crippen LogP contribution in [0.4, 0.5) is 10.5 Å². The van der Waals surface area contributed by atoms with Gasteiger partial charge >= 0.3 is 6.16 Å². The summed E-state index contributed by atoms with van der Waals surface area (Å²) in [5.41, 5.74) is 0.162. The van der Waals surface area contributed by atoms with Gasteiger partial charge in [0.05, 0.1) is 11.5 Å². The molecule has 1 aromatic carbocycles. The van der Waals surface area contributed by atoms with E-state index in [0.717, 1.165) is 0 Å². The Kier molecular flexibility index (Phi) is 5.12. The molecule has 1 aliphatic heterocycles. The van der Waals surface area contributed by atoms with Crippen LogP contribution in [0.2, 0.25) is 0 Å². The summed E-state index contributed by atoms with van der Waals surface area (Å²) in [6.07, 6.45) is -1.37. The Hall–Kier alpha value is -2.68. The van der Waals surface area contributed by atoms with Gasteiger partial charge in [-0.1, -0.05) is 0 Å². The number of methoxy groups -OCH3 is 1. The lowest BCUT2D eigenvalue weighted by molar-refractivity contribution is -0.385. The minimum Gasteiger partial charge on any atom is -0.449 e. The van der Waals surface area contributed by atoms with Crippen molar-refractivity contribution in [1.29, 1.82) is 0 Å². The molecule has 1 fully saturated rings. The zero-order valence-corrected chi connectivity index (χ0v) is 12.4. The molecule has 1 atom stereocenters. The number of amides is 1. The highest BCUT2D eigenvalue weighted by atomic mass is 16.7. The van der Waals surface area contributed by atoms with Crippen LogP contribution in [0, 0.1) is 10.1 Å². The van der Waals surface area contributed by atoms with Crippen molar-refractivity contribution < 1.29 is 29.1 Å². The molecule has 1 aromatic rings. The van der Waals surface area contributed by atoms with E-state index in [4.69, 9.17) is 9.84 Å². The van der Waals surface area contributed by atoms with Gasteiger partial charge in [0.15, 0.2) is 0 Å². The van der Waals surface area contributed by atoms with Crippen molar-refractivity contribution in [3.05, 3.63) is 33.9 Å². The summed E-state index contributed by atoms with van der Waals surface area (Å²) in [6.45, 7) is 1.13. The van der Waals surface area contributed by atoms with Crippen molar-refractivity contribution in [3.63, 3.8) is 0 Å². The molecule has 2 rings (SSSR count). The first-order valence-corrected chi connectivity index (χ1v) is 6.88. The molecule has 1 amide bonds. The number of hydrogen-bond acceptors (Lipinski definition) is 6. The van der Waals surface area contributed by atoms with Gasteiger partial charge in [-0.25, -0.2) is 4.79 Å². The summed E-state index contributed by atoms with van der Waals surface area (Å²) >= 11 is 0. The van der Waals surface area contributed by atoms with Gasteiger partial charge in [-0.2, -0.15) is 0 Å². The molecule has 0 aromatic heterocycles. The topological polar surface area (TPSA) is 119 Å². The predicted molar refractivity (Wildman–Crippen MR) is 77.6 cm³/mol. The van der Waals surface area contributed by atoms with Crippen LogP contribution in [0.3, 0.4) is 0 Å². The fraction of sp³-hybridized carbons (Fsp3) is 0.429. The molecular weight excluding hydrogens is 308 g/mol. The molecule has 0 aliphatic carbocycles. The second-order valence-corrected chi connectivity index (χ2v) is 5.08. The molecule has 1 N–H and O–H groups in total. The molecule has 1 heterocycles. The summed E-state index contributed by atoms with van der Waals surface area (Å²) in [7, 11) is 1.53. The Morgan fingerprint density at radius 2 is 2.26 bits per heavy atom. The van der Waals surface area contributed by atoms with Crippen LogP contribution in [0.1, 0.15) is 17.9 Å². The second-order valence-electron chi connectivity index (χ2n) is 5.08. The maximum absolute atomic E-state index is 12.0. The van der Waals surface area contributed by atoms with Crippen LogP contribution in [0.25, 0.3) is 0 Å². The van der Waals surface area contributed by atoms with Gasteiger partial charge in [0.1, 0.15) is 5.75 Å². The minimum absolute atomic E-state index is 0.00879. The Balaban J connectivity index is 2.29. The number of carboxylic acid groups (broad SMARTS) is 1. The molecule has 0 unspecified atom stereocenters. The number of rotatable bonds is 6. The molecule has 23 heavy (non-hydrogen) atoms.